The predicted octanol–water partition coefficient (Wildman–Crippen LogP) is -0.676. The molecule has 0 unspecified atom stereocenters. The predicted molar refractivity (Wildman–Crippen MR) is 94.1 cm³/mol. The van der Waals surface area contributed by atoms with Crippen LogP contribution >= 0.6 is 0 Å². The molecule has 0 aromatic carbocycles. The Balaban J connectivity index is 2.30. The smallest absolute Gasteiger partial charge is 0.303 e. The molecular formula is C18H22N2O9. The SMILES string of the molecule is CC(=O)OC[C@@H]1O[C@H](O)[C@H](NC(=O)c2ccccn2)[C@@H](OC(C)=O)[C@H]1OC(C)=O. The minimum absolute atomic E-state index is 0.0485. The Morgan fingerprint density at radius 3 is 2.28 bits per heavy atom. The lowest BCUT2D eigenvalue weighted by Crippen LogP contribution is -2.66. The molecule has 29 heavy (non-hydrogen) atoms. The fourth-order valence-electron chi connectivity index (χ4n) is 2.80. The number of pyridine rings is 1. The lowest BCUT2D eigenvalue weighted by molar-refractivity contribution is -0.263. The van der Waals surface area contributed by atoms with Gasteiger partial charge in [0.1, 0.15) is 24.4 Å². The summed E-state index contributed by atoms with van der Waals surface area (Å²) in [6.45, 7) is 3.04. The Labute approximate surface area is 166 Å². The molecule has 158 valence electrons. The highest BCUT2D eigenvalue weighted by atomic mass is 16.7. The number of esters is 3. The fraction of sp³-hybridized carbons (Fsp3) is 0.500. The fourth-order valence-corrected chi connectivity index (χ4v) is 2.80. The summed E-state index contributed by atoms with van der Waals surface area (Å²) in [6.07, 6.45) is -3.95. The number of aliphatic hydroxyl groups is 1. The number of nitrogens with one attached hydrogen (secondary N) is 1. The number of aromatic nitrogens is 1. The molecule has 0 radical (unpaired) electrons. The zero-order chi connectivity index (χ0) is 21.6. The van der Waals surface area contributed by atoms with Gasteiger partial charge in [0.2, 0.25) is 0 Å². The van der Waals surface area contributed by atoms with Crippen LogP contribution in [0.2, 0.25) is 0 Å². The summed E-state index contributed by atoms with van der Waals surface area (Å²) in [6, 6.07) is 3.37. The van der Waals surface area contributed by atoms with E-state index in [1.165, 1.54) is 19.2 Å². The van der Waals surface area contributed by atoms with Crippen LogP contribution in [0.5, 0.6) is 0 Å². The minimum atomic E-state index is -1.65. The Bertz CT molecular complexity index is 755. The number of hydrogen-bond acceptors (Lipinski definition) is 10. The molecule has 2 heterocycles. The van der Waals surface area contributed by atoms with Crippen molar-refractivity contribution >= 4 is 23.8 Å². The van der Waals surface area contributed by atoms with Gasteiger partial charge in [-0.25, -0.2) is 0 Å². The van der Waals surface area contributed by atoms with E-state index >= 15 is 0 Å². The van der Waals surface area contributed by atoms with Gasteiger partial charge in [0, 0.05) is 27.0 Å². The maximum atomic E-state index is 12.5. The number of hydrogen-bond donors (Lipinski definition) is 2. The maximum absolute atomic E-state index is 12.5. The van der Waals surface area contributed by atoms with Gasteiger partial charge in [0.15, 0.2) is 18.5 Å². The van der Waals surface area contributed by atoms with E-state index < -0.39 is 54.5 Å². The first-order chi connectivity index (χ1) is 13.7. The highest BCUT2D eigenvalue weighted by Crippen LogP contribution is 2.26. The number of amides is 1. The molecule has 0 bridgehead atoms. The molecule has 1 aliphatic heterocycles. The van der Waals surface area contributed by atoms with Gasteiger partial charge in [-0.1, -0.05) is 6.07 Å². The molecule has 2 rings (SSSR count). The van der Waals surface area contributed by atoms with Gasteiger partial charge in [0.05, 0.1) is 0 Å². The van der Waals surface area contributed by atoms with E-state index in [1.807, 2.05) is 0 Å². The van der Waals surface area contributed by atoms with Crippen LogP contribution in [0.25, 0.3) is 0 Å². The van der Waals surface area contributed by atoms with Crippen molar-refractivity contribution in [2.45, 2.75) is 51.4 Å². The summed E-state index contributed by atoms with van der Waals surface area (Å²) >= 11 is 0. The third-order valence-corrected chi connectivity index (χ3v) is 3.92. The monoisotopic (exact) mass is 410 g/mol. The Kier molecular flexibility index (Phi) is 7.62. The van der Waals surface area contributed by atoms with Crippen molar-refractivity contribution in [3.8, 4) is 0 Å². The number of aliphatic hydroxyl groups excluding tert-OH is 1. The van der Waals surface area contributed by atoms with Crippen molar-refractivity contribution in [1.82, 2.24) is 10.3 Å². The zero-order valence-electron chi connectivity index (χ0n) is 16.1. The Hall–Kier alpha value is -3.05. The van der Waals surface area contributed by atoms with E-state index in [1.54, 1.807) is 12.1 Å². The number of carbonyl (C=O) groups excluding carboxylic acids is 4. The molecular weight excluding hydrogens is 388 g/mol. The summed E-state index contributed by atoms with van der Waals surface area (Å²) in [5.74, 6) is -2.77. The summed E-state index contributed by atoms with van der Waals surface area (Å²) in [4.78, 5) is 50.7. The van der Waals surface area contributed by atoms with Gasteiger partial charge in [-0.15, -0.1) is 0 Å². The summed E-state index contributed by atoms with van der Waals surface area (Å²) < 4.78 is 20.7. The average Bonchev–Trinajstić information content (AvgIpc) is 2.65. The molecule has 1 aromatic heterocycles. The molecule has 2 N–H and O–H groups in total. The Morgan fingerprint density at radius 2 is 1.72 bits per heavy atom. The van der Waals surface area contributed by atoms with Crippen molar-refractivity contribution in [2.75, 3.05) is 6.61 Å². The van der Waals surface area contributed by atoms with Crippen molar-refractivity contribution in [3.63, 3.8) is 0 Å². The molecule has 0 spiro atoms. The van der Waals surface area contributed by atoms with Gasteiger partial charge < -0.3 is 29.4 Å². The molecule has 1 aromatic rings. The van der Waals surface area contributed by atoms with Crippen LogP contribution in [0, 0.1) is 0 Å². The number of nitrogens with zero attached hydrogens (tertiary/aromatic N) is 1. The van der Waals surface area contributed by atoms with Crippen molar-refractivity contribution < 1.29 is 43.2 Å². The standard InChI is InChI=1S/C18H22N2O9/c1-9(21)26-8-13-15(27-10(2)22)16(28-11(3)23)14(18(25)29-13)20-17(24)12-6-4-5-7-19-12/h4-7,13-16,18,25H,8H2,1-3H3,(H,20,24)/t13-,14+,15-,16+,18-/m0/s1. The van der Waals surface area contributed by atoms with Gasteiger partial charge >= 0.3 is 17.9 Å². The molecule has 1 fully saturated rings. The third-order valence-electron chi connectivity index (χ3n) is 3.92. The molecule has 11 nitrogen and oxygen atoms in total. The lowest BCUT2D eigenvalue weighted by Gasteiger charge is -2.43. The largest absolute Gasteiger partial charge is 0.463 e. The van der Waals surface area contributed by atoms with Gasteiger partial charge in [0.25, 0.3) is 5.91 Å². The quantitative estimate of drug-likeness (QED) is 0.456. The summed E-state index contributed by atoms with van der Waals surface area (Å²) in [7, 11) is 0. The number of carbonyl (C=O) groups is 4. The van der Waals surface area contributed by atoms with E-state index in [0.717, 1.165) is 13.8 Å². The van der Waals surface area contributed by atoms with E-state index in [4.69, 9.17) is 18.9 Å². The second-order valence-electron chi connectivity index (χ2n) is 6.23. The first-order valence-corrected chi connectivity index (χ1v) is 8.72. The van der Waals surface area contributed by atoms with E-state index in [0.29, 0.717) is 0 Å². The third kappa shape index (κ3) is 6.22. The van der Waals surface area contributed by atoms with Gasteiger partial charge in [-0.3, -0.25) is 24.2 Å². The van der Waals surface area contributed by atoms with Gasteiger partial charge in [-0.05, 0) is 12.1 Å². The van der Waals surface area contributed by atoms with Crippen molar-refractivity contribution in [2.24, 2.45) is 0 Å². The summed E-state index contributed by atoms with van der Waals surface area (Å²) in [5.41, 5.74) is 0.0485. The Morgan fingerprint density at radius 1 is 1.07 bits per heavy atom. The topological polar surface area (TPSA) is 150 Å². The average molecular weight is 410 g/mol. The van der Waals surface area contributed by atoms with E-state index in [-0.39, 0.29) is 12.3 Å². The van der Waals surface area contributed by atoms with Crippen LogP contribution < -0.4 is 5.32 Å². The zero-order valence-corrected chi connectivity index (χ0v) is 16.1. The first kappa shape index (κ1) is 22.2. The second kappa shape index (κ2) is 9.94. The normalized spacial score (nSPS) is 26.1. The highest BCUT2D eigenvalue weighted by Gasteiger charge is 2.50. The second-order valence-corrected chi connectivity index (χ2v) is 6.23. The first-order valence-electron chi connectivity index (χ1n) is 8.72. The van der Waals surface area contributed by atoms with Crippen LogP contribution in [0.4, 0.5) is 0 Å². The van der Waals surface area contributed by atoms with Crippen LogP contribution in [0.3, 0.4) is 0 Å². The lowest BCUT2D eigenvalue weighted by atomic mass is 9.96. The number of rotatable bonds is 6. The molecule has 1 amide bonds. The van der Waals surface area contributed by atoms with Crippen molar-refractivity contribution in [3.05, 3.63) is 30.1 Å². The van der Waals surface area contributed by atoms with Crippen molar-refractivity contribution in [1.29, 1.82) is 0 Å². The molecule has 11 heteroatoms. The summed E-state index contributed by atoms with van der Waals surface area (Å²) in [5, 5.41) is 12.9. The minimum Gasteiger partial charge on any atom is -0.463 e. The van der Waals surface area contributed by atoms with E-state index in [9.17, 15) is 24.3 Å². The van der Waals surface area contributed by atoms with Crippen LogP contribution in [-0.2, 0) is 33.3 Å². The maximum Gasteiger partial charge on any atom is 0.303 e. The molecule has 1 aliphatic rings. The molecule has 0 saturated carbocycles. The van der Waals surface area contributed by atoms with Gasteiger partial charge in [-0.2, -0.15) is 0 Å². The highest BCUT2D eigenvalue weighted by molar-refractivity contribution is 5.92. The van der Waals surface area contributed by atoms with Crippen LogP contribution in [0.1, 0.15) is 31.3 Å². The van der Waals surface area contributed by atoms with Crippen LogP contribution in [-0.4, -0.2) is 71.2 Å². The number of ether oxygens (including phenoxy) is 4. The molecule has 5 atom stereocenters. The van der Waals surface area contributed by atoms with E-state index in [2.05, 4.69) is 10.3 Å². The molecule has 0 aliphatic carbocycles. The molecule has 1 saturated heterocycles. The van der Waals surface area contributed by atoms with Crippen LogP contribution in [0.15, 0.2) is 24.4 Å².